The number of anilines is 2. The van der Waals surface area contributed by atoms with Gasteiger partial charge in [0.2, 0.25) is 5.95 Å². The number of carbonyl (C=O) groups is 1. The standard InChI is InChI=1S/C20H18ClF2N5O2S/c1-10(22)15-9-30-20(29)28(15)17-14(23)7-25-19(27-17)26-11(2)16-8-24-18(31-16)12-3-5-13(21)6-4-12/h3-8,10-11,15H,9H2,1-2H3,(H,25,26,27)/t10-,11+,15-/m1/s1. The van der Waals surface area contributed by atoms with Crippen molar-refractivity contribution >= 4 is 40.8 Å². The number of amides is 1. The molecule has 3 heterocycles. The van der Waals surface area contributed by atoms with E-state index >= 15 is 0 Å². The Balaban J connectivity index is 1.54. The number of nitrogens with one attached hydrogen (secondary N) is 1. The van der Waals surface area contributed by atoms with Gasteiger partial charge in [-0.1, -0.05) is 23.7 Å². The number of ether oxygens (including phenoxy) is 1. The van der Waals surface area contributed by atoms with Crippen LogP contribution < -0.4 is 10.2 Å². The Morgan fingerprint density at radius 1 is 1.26 bits per heavy atom. The molecule has 1 aliphatic heterocycles. The molecule has 4 rings (SSSR count). The number of hydrogen-bond donors (Lipinski definition) is 1. The number of halogens is 3. The summed E-state index contributed by atoms with van der Waals surface area (Å²) in [7, 11) is 0. The highest BCUT2D eigenvalue weighted by atomic mass is 35.5. The molecule has 31 heavy (non-hydrogen) atoms. The molecule has 0 saturated carbocycles. The van der Waals surface area contributed by atoms with Crippen LogP contribution in [0.15, 0.2) is 36.7 Å². The number of cyclic esters (lactones) is 1. The quantitative estimate of drug-likeness (QED) is 0.535. The number of aromatic nitrogens is 3. The molecule has 1 saturated heterocycles. The van der Waals surface area contributed by atoms with Gasteiger partial charge < -0.3 is 10.1 Å². The van der Waals surface area contributed by atoms with Gasteiger partial charge in [0.1, 0.15) is 23.8 Å². The molecule has 1 N–H and O–H groups in total. The highest BCUT2D eigenvalue weighted by molar-refractivity contribution is 7.15. The van der Waals surface area contributed by atoms with Crippen LogP contribution in [0.5, 0.6) is 0 Å². The van der Waals surface area contributed by atoms with Crippen LogP contribution in [0.4, 0.5) is 25.3 Å². The van der Waals surface area contributed by atoms with E-state index in [1.807, 2.05) is 19.1 Å². The van der Waals surface area contributed by atoms with Crippen LogP contribution in [0.3, 0.4) is 0 Å². The first kappa shape index (κ1) is 21.4. The zero-order valence-corrected chi connectivity index (χ0v) is 18.1. The van der Waals surface area contributed by atoms with Crippen molar-refractivity contribution in [1.29, 1.82) is 0 Å². The zero-order chi connectivity index (χ0) is 22.1. The minimum Gasteiger partial charge on any atom is -0.447 e. The van der Waals surface area contributed by atoms with E-state index in [0.29, 0.717) is 5.02 Å². The Morgan fingerprint density at radius 2 is 2.00 bits per heavy atom. The molecule has 7 nitrogen and oxygen atoms in total. The van der Waals surface area contributed by atoms with Gasteiger partial charge in [0.15, 0.2) is 11.6 Å². The van der Waals surface area contributed by atoms with E-state index in [9.17, 15) is 13.6 Å². The van der Waals surface area contributed by atoms with Crippen LogP contribution in [0.25, 0.3) is 10.6 Å². The third-order valence-corrected chi connectivity index (χ3v) is 6.26. The Kier molecular flexibility index (Phi) is 6.01. The van der Waals surface area contributed by atoms with E-state index in [4.69, 9.17) is 16.3 Å². The summed E-state index contributed by atoms with van der Waals surface area (Å²) >= 11 is 7.41. The fourth-order valence-electron chi connectivity index (χ4n) is 3.09. The second-order valence-electron chi connectivity index (χ2n) is 7.00. The summed E-state index contributed by atoms with van der Waals surface area (Å²) in [5, 5.41) is 4.53. The predicted molar refractivity (Wildman–Crippen MR) is 115 cm³/mol. The van der Waals surface area contributed by atoms with E-state index in [-0.39, 0.29) is 24.4 Å². The van der Waals surface area contributed by atoms with E-state index in [2.05, 4.69) is 20.3 Å². The minimum absolute atomic E-state index is 0.0929. The molecule has 162 valence electrons. The second kappa shape index (κ2) is 8.72. The SMILES string of the molecule is C[C@H](Nc1ncc(F)c(N2C(=O)OC[C@@H]2[C@@H](C)F)n1)c1cnc(-c2ccc(Cl)cc2)s1. The van der Waals surface area contributed by atoms with Crippen LogP contribution >= 0.6 is 22.9 Å². The first-order chi connectivity index (χ1) is 14.8. The van der Waals surface area contributed by atoms with Crippen molar-refractivity contribution < 1.29 is 18.3 Å². The largest absolute Gasteiger partial charge is 0.447 e. The average Bonchev–Trinajstić information content (AvgIpc) is 3.37. The molecule has 0 bridgehead atoms. The lowest BCUT2D eigenvalue weighted by atomic mass is 10.2. The van der Waals surface area contributed by atoms with Gasteiger partial charge in [-0.3, -0.25) is 0 Å². The predicted octanol–water partition coefficient (Wildman–Crippen LogP) is 5.25. The Hall–Kier alpha value is -2.85. The number of rotatable bonds is 6. The number of benzene rings is 1. The molecule has 1 fully saturated rings. The van der Waals surface area contributed by atoms with Crippen LogP contribution in [-0.2, 0) is 4.74 Å². The summed E-state index contributed by atoms with van der Waals surface area (Å²) in [6.45, 7) is 2.98. The van der Waals surface area contributed by atoms with Crippen molar-refractivity contribution in [2.75, 3.05) is 16.8 Å². The maximum atomic E-state index is 14.4. The molecule has 1 aromatic carbocycles. The van der Waals surface area contributed by atoms with Gasteiger partial charge in [-0.15, -0.1) is 11.3 Å². The summed E-state index contributed by atoms with van der Waals surface area (Å²) in [4.78, 5) is 26.3. The van der Waals surface area contributed by atoms with Crippen molar-refractivity contribution in [2.45, 2.75) is 32.1 Å². The number of alkyl halides is 1. The number of thiazole rings is 1. The fraction of sp³-hybridized carbons (Fsp3) is 0.300. The van der Waals surface area contributed by atoms with E-state index < -0.39 is 24.1 Å². The summed E-state index contributed by atoms with van der Waals surface area (Å²) in [6, 6.07) is 6.15. The normalized spacial score (nSPS) is 18.0. The Bertz CT molecular complexity index is 1100. The van der Waals surface area contributed by atoms with Crippen molar-refractivity contribution in [3.05, 3.63) is 52.4 Å². The Labute approximate surface area is 186 Å². The molecule has 0 unspecified atom stereocenters. The molecule has 3 atom stereocenters. The number of hydrogen-bond acceptors (Lipinski definition) is 7. The van der Waals surface area contributed by atoms with Gasteiger partial charge in [0.25, 0.3) is 0 Å². The molecule has 1 amide bonds. The van der Waals surface area contributed by atoms with Crippen molar-refractivity contribution in [3.8, 4) is 10.6 Å². The molecule has 0 aliphatic carbocycles. The van der Waals surface area contributed by atoms with Crippen molar-refractivity contribution in [3.63, 3.8) is 0 Å². The lowest BCUT2D eigenvalue weighted by Crippen LogP contribution is -2.40. The van der Waals surface area contributed by atoms with E-state index in [1.165, 1.54) is 18.3 Å². The maximum Gasteiger partial charge on any atom is 0.416 e. The summed E-state index contributed by atoms with van der Waals surface area (Å²) in [6.07, 6.45) is 0.408. The van der Waals surface area contributed by atoms with Gasteiger partial charge in [-0.2, -0.15) is 4.98 Å². The molecular weight excluding hydrogens is 448 g/mol. The van der Waals surface area contributed by atoms with Gasteiger partial charge in [0.05, 0.1) is 12.2 Å². The summed E-state index contributed by atoms with van der Waals surface area (Å²) < 4.78 is 33.1. The molecule has 0 radical (unpaired) electrons. The zero-order valence-electron chi connectivity index (χ0n) is 16.6. The number of nitrogens with zero attached hydrogens (tertiary/aromatic N) is 4. The molecule has 0 spiro atoms. The minimum atomic E-state index is -1.42. The van der Waals surface area contributed by atoms with E-state index in [0.717, 1.165) is 26.5 Å². The highest BCUT2D eigenvalue weighted by Crippen LogP contribution is 2.32. The van der Waals surface area contributed by atoms with Crippen LogP contribution in [0, 0.1) is 5.82 Å². The third-order valence-electron chi connectivity index (χ3n) is 4.78. The average molecular weight is 466 g/mol. The lowest BCUT2D eigenvalue weighted by molar-refractivity contribution is 0.174. The molecule has 11 heteroatoms. The molecule has 3 aromatic rings. The lowest BCUT2D eigenvalue weighted by Gasteiger charge is -2.22. The van der Waals surface area contributed by atoms with Gasteiger partial charge in [0, 0.05) is 21.7 Å². The van der Waals surface area contributed by atoms with Crippen LogP contribution in [0.2, 0.25) is 5.02 Å². The fourth-order valence-corrected chi connectivity index (χ4v) is 4.14. The van der Waals surface area contributed by atoms with Crippen LogP contribution in [0.1, 0.15) is 24.8 Å². The first-order valence-electron chi connectivity index (χ1n) is 9.44. The molecular formula is C20H18ClF2N5O2S. The van der Waals surface area contributed by atoms with Gasteiger partial charge >= 0.3 is 6.09 Å². The maximum absolute atomic E-state index is 14.4. The van der Waals surface area contributed by atoms with Crippen LogP contribution in [-0.4, -0.2) is 39.9 Å². The smallest absolute Gasteiger partial charge is 0.416 e. The van der Waals surface area contributed by atoms with Gasteiger partial charge in [-0.05, 0) is 26.0 Å². The van der Waals surface area contributed by atoms with Crippen molar-refractivity contribution in [2.24, 2.45) is 0 Å². The molecule has 1 aliphatic rings. The number of carbonyl (C=O) groups excluding carboxylic acids is 1. The Morgan fingerprint density at radius 3 is 2.71 bits per heavy atom. The third kappa shape index (κ3) is 4.45. The van der Waals surface area contributed by atoms with E-state index in [1.54, 1.807) is 18.3 Å². The monoisotopic (exact) mass is 465 g/mol. The first-order valence-corrected chi connectivity index (χ1v) is 10.6. The highest BCUT2D eigenvalue weighted by Gasteiger charge is 2.40. The van der Waals surface area contributed by atoms with Gasteiger partial charge in [-0.25, -0.2) is 28.4 Å². The molecule has 2 aromatic heterocycles. The summed E-state index contributed by atoms with van der Waals surface area (Å²) in [5.74, 6) is -1.08. The van der Waals surface area contributed by atoms with Crippen molar-refractivity contribution in [1.82, 2.24) is 15.0 Å². The second-order valence-corrected chi connectivity index (χ2v) is 8.50. The topological polar surface area (TPSA) is 80.2 Å². The summed E-state index contributed by atoms with van der Waals surface area (Å²) in [5.41, 5.74) is 0.937.